The van der Waals surface area contributed by atoms with Crippen LogP contribution in [0.3, 0.4) is 0 Å². The third-order valence-electron chi connectivity index (χ3n) is 5.03. The van der Waals surface area contributed by atoms with Crippen LogP contribution < -0.4 is 11.2 Å². The van der Waals surface area contributed by atoms with Crippen molar-refractivity contribution in [3.8, 4) is 16.9 Å². The molecule has 0 fully saturated rings. The number of hydrazone groups is 1. The molecule has 4 rings (SSSR count). The summed E-state index contributed by atoms with van der Waals surface area (Å²) in [5.74, 6) is 0.689. The summed E-state index contributed by atoms with van der Waals surface area (Å²) < 4.78 is 5.63. The van der Waals surface area contributed by atoms with Crippen LogP contribution in [0.2, 0.25) is 0 Å². The number of nitrogen functional groups attached to an aromatic ring is 1. The molecule has 1 heterocycles. The van der Waals surface area contributed by atoms with Gasteiger partial charge in [0.2, 0.25) is 0 Å². The summed E-state index contributed by atoms with van der Waals surface area (Å²) in [4.78, 5) is 12.3. The fourth-order valence-electron chi connectivity index (χ4n) is 3.51. The minimum Gasteiger partial charge on any atom is -0.507 e. The fourth-order valence-corrected chi connectivity index (χ4v) is 3.51. The van der Waals surface area contributed by atoms with Crippen molar-refractivity contribution >= 4 is 28.3 Å². The van der Waals surface area contributed by atoms with E-state index >= 15 is 0 Å². The summed E-state index contributed by atoms with van der Waals surface area (Å²) in [7, 11) is 0. The van der Waals surface area contributed by atoms with Crippen LogP contribution in [0.15, 0.2) is 76.2 Å². The number of aromatic hydroxyl groups is 1. The van der Waals surface area contributed by atoms with E-state index in [0.717, 1.165) is 39.1 Å². The molecule has 3 aromatic carbocycles. The van der Waals surface area contributed by atoms with Gasteiger partial charge in [-0.15, -0.1) is 0 Å². The number of anilines is 1. The van der Waals surface area contributed by atoms with Gasteiger partial charge in [0.15, 0.2) is 0 Å². The molecule has 0 aliphatic carbocycles. The lowest BCUT2D eigenvalue weighted by atomic mass is 9.99. The van der Waals surface area contributed by atoms with E-state index in [1.54, 1.807) is 30.3 Å². The van der Waals surface area contributed by atoms with Crippen molar-refractivity contribution in [1.29, 1.82) is 0 Å². The third kappa shape index (κ3) is 4.43. The molecule has 0 atom stereocenters. The van der Waals surface area contributed by atoms with Crippen LogP contribution in [-0.4, -0.2) is 16.7 Å². The molecule has 31 heavy (non-hydrogen) atoms. The lowest BCUT2D eigenvalue weighted by molar-refractivity contribution is 0.0955. The van der Waals surface area contributed by atoms with Crippen molar-refractivity contribution in [2.75, 3.05) is 5.73 Å². The van der Waals surface area contributed by atoms with Gasteiger partial charge in [-0.1, -0.05) is 24.3 Å². The topological polar surface area (TPSA) is 101 Å². The van der Waals surface area contributed by atoms with Crippen molar-refractivity contribution < 1.29 is 14.3 Å². The molecular weight excluding hydrogens is 390 g/mol. The minimum atomic E-state index is -0.354. The van der Waals surface area contributed by atoms with Crippen LogP contribution in [-0.2, 0) is 6.42 Å². The van der Waals surface area contributed by atoms with Gasteiger partial charge in [-0.2, -0.15) is 5.10 Å². The molecular formula is C25H23N3O3. The Labute approximate surface area is 180 Å². The maximum Gasteiger partial charge on any atom is 0.273 e. The number of hydrogen-bond acceptors (Lipinski definition) is 5. The van der Waals surface area contributed by atoms with E-state index in [2.05, 4.69) is 10.5 Å². The molecule has 0 spiro atoms. The Morgan fingerprint density at radius 3 is 2.71 bits per heavy atom. The first kappa shape index (κ1) is 20.2. The average Bonchev–Trinajstić information content (AvgIpc) is 3.13. The lowest BCUT2D eigenvalue weighted by Gasteiger charge is -2.09. The number of benzene rings is 3. The van der Waals surface area contributed by atoms with Crippen molar-refractivity contribution in [2.24, 2.45) is 5.10 Å². The Morgan fingerprint density at radius 1 is 1.10 bits per heavy atom. The SMILES string of the molecule is CC(Cc1ccc(O)c(-c2ccc3oc(C)cc3c2)c1)=NNC(=O)c1ccccc1N. The highest BCUT2D eigenvalue weighted by atomic mass is 16.3. The first-order valence-electron chi connectivity index (χ1n) is 9.91. The number of nitrogens with one attached hydrogen (secondary N) is 1. The van der Waals surface area contributed by atoms with E-state index in [4.69, 9.17) is 10.2 Å². The summed E-state index contributed by atoms with van der Waals surface area (Å²) in [6.07, 6.45) is 0.519. The molecule has 4 aromatic rings. The van der Waals surface area contributed by atoms with Crippen molar-refractivity contribution in [1.82, 2.24) is 5.43 Å². The molecule has 6 nitrogen and oxygen atoms in total. The summed E-state index contributed by atoms with van der Waals surface area (Å²) in [6.45, 7) is 3.74. The van der Waals surface area contributed by atoms with Gasteiger partial charge in [-0.05, 0) is 67.4 Å². The highest BCUT2D eigenvalue weighted by molar-refractivity contribution is 5.99. The van der Waals surface area contributed by atoms with E-state index in [1.165, 1.54) is 0 Å². The predicted octanol–water partition coefficient (Wildman–Crippen LogP) is 5.04. The summed E-state index contributed by atoms with van der Waals surface area (Å²) in [6, 6.07) is 20.1. The summed E-state index contributed by atoms with van der Waals surface area (Å²) in [5.41, 5.74) is 13.3. The number of fused-ring (bicyclic) bond motifs is 1. The minimum absolute atomic E-state index is 0.200. The number of furan rings is 1. The molecule has 4 N–H and O–H groups in total. The maximum absolute atomic E-state index is 12.3. The highest BCUT2D eigenvalue weighted by Crippen LogP contribution is 2.33. The molecule has 0 saturated carbocycles. The zero-order chi connectivity index (χ0) is 22.0. The predicted molar refractivity (Wildman–Crippen MR) is 123 cm³/mol. The van der Waals surface area contributed by atoms with E-state index in [0.29, 0.717) is 17.7 Å². The van der Waals surface area contributed by atoms with Crippen LogP contribution in [0.4, 0.5) is 5.69 Å². The number of carbonyl (C=O) groups excluding carboxylic acids is 1. The highest BCUT2D eigenvalue weighted by Gasteiger charge is 2.10. The second-order valence-electron chi connectivity index (χ2n) is 7.51. The maximum atomic E-state index is 12.3. The molecule has 0 saturated heterocycles. The standard InChI is InChI=1S/C25H23N3O3/c1-15(27-28-25(30)20-5-3-4-6-22(20)26)11-17-7-9-23(29)21(13-17)18-8-10-24-19(14-18)12-16(2)31-24/h3-10,12-14,29H,11,26H2,1-2H3,(H,28,30). The Balaban J connectivity index is 1.53. The number of nitrogens with two attached hydrogens (primary N) is 1. The number of nitrogens with zero attached hydrogens (tertiary/aromatic N) is 1. The van der Waals surface area contributed by atoms with Gasteiger partial charge >= 0.3 is 0 Å². The third-order valence-corrected chi connectivity index (χ3v) is 5.03. The fraction of sp³-hybridized carbons (Fsp3) is 0.120. The van der Waals surface area contributed by atoms with Crippen molar-refractivity contribution in [3.63, 3.8) is 0 Å². The quantitative estimate of drug-likeness (QED) is 0.242. The van der Waals surface area contributed by atoms with Gasteiger partial charge in [0, 0.05) is 28.8 Å². The number of amides is 1. The monoisotopic (exact) mass is 413 g/mol. The summed E-state index contributed by atoms with van der Waals surface area (Å²) in [5, 5.41) is 15.6. The van der Waals surface area contributed by atoms with E-state index in [9.17, 15) is 9.90 Å². The lowest BCUT2D eigenvalue weighted by Crippen LogP contribution is -2.20. The van der Waals surface area contributed by atoms with Crippen molar-refractivity contribution in [2.45, 2.75) is 20.3 Å². The molecule has 6 heteroatoms. The van der Waals surface area contributed by atoms with Crippen LogP contribution >= 0.6 is 0 Å². The number of carbonyl (C=O) groups is 1. The van der Waals surface area contributed by atoms with Crippen LogP contribution in [0, 0.1) is 6.92 Å². The van der Waals surface area contributed by atoms with E-state index in [1.807, 2.05) is 50.2 Å². The largest absolute Gasteiger partial charge is 0.507 e. The number of aryl methyl sites for hydroxylation is 1. The van der Waals surface area contributed by atoms with E-state index < -0.39 is 0 Å². The molecule has 0 aliphatic rings. The number of phenols is 1. The molecule has 1 amide bonds. The smallest absolute Gasteiger partial charge is 0.273 e. The van der Waals surface area contributed by atoms with Crippen LogP contribution in [0.5, 0.6) is 5.75 Å². The Hall–Kier alpha value is -4.06. The van der Waals surface area contributed by atoms with Crippen LogP contribution in [0.1, 0.15) is 28.6 Å². The first-order valence-corrected chi connectivity index (χ1v) is 9.91. The first-order chi connectivity index (χ1) is 14.9. The second-order valence-corrected chi connectivity index (χ2v) is 7.51. The molecule has 1 aromatic heterocycles. The molecule has 156 valence electrons. The van der Waals surface area contributed by atoms with Gasteiger partial charge < -0.3 is 15.3 Å². The zero-order valence-electron chi connectivity index (χ0n) is 17.3. The Kier molecular flexibility index (Phi) is 5.45. The number of hydrogen-bond donors (Lipinski definition) is 3. The molecule has 0 aliphatic heterocycles. The molecule has 0 radical (unpaired) electrons. The molecule has 0 bridgehead atoms. The Morgan fingerprint density at radius 2 is 1.90 bits per heavy atom. The average molecular weight is 413 g/mol. The Bertz CT molecular complexity index is 1300. The number of phenolic OH excluding ortho intramolecular Hbond substituents is 1. The van der Waals surface area contributed by atoms with Gasteiger partial charge in [-0.25, -0.2) is 5.43 Å². The molecule has 0 unspecified atom stereocenters. The van der Waals surface area contributed by atoms with E-state index in [-0.39, 0.29) is 11.7 Å². The van der Waals surface area contributed by atoms with Gasteiger partial charge in [-0.3, -0.25) is 4.79 Å². The van der Waals surface area contributed by atoms with Crippen molar-refractivity contribution in [3.05, 3.63) is 83.6 Å². The zero-order valence-corrected chi connectivity index (χ0v) is 17.3. The number of rotatable bonds is 5. The normalized spacial score (nSPS) is 11.6. The second kappa shape index (κ2) is 8.36. The van der Waals surface area contributed by atoms with Crippen LogP contribution in [0.25, 0.3) is 22.1 Å². The van der Waals surface area contributed by atoms with Gasteiger partial charge in [0.25, 0.3) is 5.91 Å². The summed E-state index contributed by atoms with van der Waals surface area (Å²) >= 11 is 0. The van der Waals surface area contributed by atoms with Gasteiger partial charge in [0.1, 0.15) is 17.1 Å². The number of para-hydroxylation sites is 1. The van der Waals surface area contributed by atoms with Gasteiger partial charge in [0.05, 0.1) is 5.56 Å².